The molecule has 2 nitrogen and oxygen atoms in total. The van der Waals surface area contributed by atoms with Crippen molar-refractivity contribution < 1.29 is 13.0 Å². The van der Waals surface area contributed by atoms with E-state index in [0.717, 1.165) is 21.9 Å². The molecule has 1 aromatic carbocycles. The Hall–Kier alpha value is -1.14. The SMILES string of the molecule is Cc1ccc(Br)c(C(Cc2cc(F)cc(F)c2)C[S@@](=O)C(C)(C)C)n1. The number of hydrogen-bond donors (Lipinski definition) is 0. The minimum atomic E-state index is -1.12. The van der Waals surface area contributed by atoms with E-state index in [1.807, 2.05) is 39.8 Å². The van der Waals surface area contributed by atoms with Gasteiger partial charge in [-0.25, -0.2) is 8.78 Å². The van der Waals surface area contributed by atoms with E-state index in [1.165, 1.54) is 12.1 Å². The highest BCUT2D eigenvalue weighted by atomic mass is 79.9. The zero-order valence-corrected chi connectivity index (χ0v) is 17.2. The molecule has 0 N–H and O–H groups in total. The Morgan fingerprint density at radius 2 is 1.76 bits per heavy atom. The molecular weight excluding hydrogens is 408 g/mol. The third kappa shape index (κ3) is 5.68. The van der Waals surface area contributed by atoms with Crippen LogP contribution < -0.4 is 0 Å². The maximum Gasteiger partial charge on any atom is 0.126 e. The number of hydrogen-bond acceptors (Lipinski definition) is 2. The van der Waals surface area contributed by atoms with E-state index in [0.29, 0.717) is 17.7 Å². The first-order valence-corrected chi connectivity index (χ1v) is 10.1. The predicted octanol–water partition coefficient (Wildman–Crippen LogP) is 5.30. The second-order valence-electron chi connectivity index (χ2n) is 7.12. The fourth-order valence-corrected chi connectivity index (χ4v) is 4.21. The van der Waals surface area contributed by atoms with Gasteiger partial charge in [0.25, 0.3) is 0 Å². The Kier molecular flexibility index (Phi) is 6.49. The molecular formula is C19H22BrF2NOS. The van der Waals surface area contributed by atoms with Crippen molar-refractivity contribution in [2.24, 2.45) is 0 Å². The van der Waals surface area contributed by atoms with Crippen LogP contribution in [0, 0.1) is 18.6 Å². The summed E-state index contributed by atoms with van der Waals surface area (Å²) in [5.74, 6) is -1.06. The fourth-order valence-electron chi connectivity index (χ4n) is 2.53. The van der Waals surface area contributed by atoms with Crippen LogP contribution in [0.2, 0.25) is 0 Å². The van der Waals surface area contributed by atoms with Crippen LogP contribution in [0.3, 0.4) is 0 Å². The minimum Gasteiger partial charge on any atom is -0.259 e. The summed E-state index contributed by atoms with van der Waals surface area (Å²) in [6.45, 7) is 7.64. The van der Waals surface area contributed by atoms with E-state index < -0.39 is 22.4 Å². The molecule has 2 rings (SSSR count). The lowest BCUT2D eigenvalue weighted by atomic mass is 9.97. The predicted molar refractivity (Wildman–Crippen MR) is 102 cm³/mol. The van der Waals surface area contributed by atoms with Crippen molar-refractivity contribution in [3.05, 3.63) is 63.4 Å². The number of pyridine rings is 1. The lowest BCUT2D eigenvalue weighted by Gasteiger charge is -2.24. The molecule has 2 atom stereocenters. The molecule has 0 aliphatic heterocycles. The fraction of sp³-hybridized carbons (Fsp3) is 0.421. The van der Waals surface area contributed by atoms with Crippen LogP contribution >= 0.6 is 15.9 Å². The highest BCUT2D eigenvalue weighted by Crippen LogP contribution is 2.30. The van der Waals surface area contributed by atoms with Crippen LogP contribution in [0.15, 0.2) is 34.8 Å². The van der Waals surface area contributed by atoms with Crippen molar-refractivity contribution in [3.63, 3.8) is 0 Å². The molecule has 2 aromatic rings. The van der Waals surface area contributed by atoms with E-state index in [9.17, 15) is 13.0 Å². The average molecular weight is 430 g/mol. The zero-order chi connectivity index (χ0) is 18.8. The van der Waals surface area contributed by atoms with Crippen molar-refractivity contribution >= 4 is 26.7 Å². The Balaban J connectivity index is 2.41. The summed E-state index contributed by atoms with van der Waals surface area (Å²) in [4.78, 5) is 4.58. The number of aryl methyl sites for hydroxylation is 1. The number of halogens is 3. The van der Waals surface area contributed by atoms with Crippen LogP contribution in [0.4, 0.5) is 8.78 Å². The van der Waals surface area contributed by atoms with Crippen molar-refractivity contribution in [2.45, 2.75) is 44.8 Å². The van der Waals surface area contributed by atoms with Crippen LogP contribution in [0.25, 0.3) is 0 Å². The maximum absolute atomic E-state index is 13.6. The zero-order valence-electron chi connectivity index (χ0n) is 14.8. The van der Waals surface area contributed by atoms with Gasteiger partial charge >= 0.3 is 0 Å². The van der Waals surface area contributed by atoms with E-state index in [-0.39, 0.29) is 10.7 Å². The third-order valence-electron chi connectivity index (χ3n) is 3.84. The summed E-state index contributed by atoms with van der Waals surface area (Å²) in [5, 5.41) is 0. The Bertz CT molecular complexity index is 769. The van der Waals surface area contributed by atoms with Crippen LogP contribution in [-0.2, 0) is 17.2 Å². The van der Waals surface area contributed by atoms with Gasteiger partial charge in [0.05, 0.1) is 5.69 Å². The van der Waals surface area contributed by atoms with Crippen molar-refractivity contribution in [3.8, 4) is 0 Å². The summed E-state index contributed by atoms with van der Waals surface area (Å²) in [6, 6.07) is 7.27. The molecule has 0 spiro atoms. The van der Waals surface area contributed by atoms with Gasteiger partial charge in [0.1, 0.15) is 11.6 Å². The van der Waals surface area contributed by atoms with E-state index in [4.69, 9.17) is 0 Å². The van der Waals surface area contributed by atoms with Gasteiger partial charge in [-0.1, -0.05) is 0 Å². The molecule has 0 fully saturated rings. The monoisotopic (exact) mass is 429 g/mol. The molecule has 136 valence electrons. The maximum atomic E-state index is 13.6. The lowest BCUT2D eigenvalue weighted by Crippen LogP contribution is -2.28. The van der Waals surface area contributed by atoms with E-state index in [1.54, 1.807) is 0 Å². The van der Waals surface area contributed by atoms with Crippen LogP contribution in [0.1, 0.15) is 43.6 Å². The molecule has 0 amide bonds. The molecule has 0 bridgehead atoms. The summed E-state index contributed by atoms with van der Waals surface area (Å²) in [5.41, 5.74) is 2.14. The first-order chi connectivity index (χ1) is 11.6. The largest absolute Gasteiger partial charge is 0.259 e. The van der Waals surface area contributed by atoms with Crippen molar-refractivity contribution in [2.75, 3.05) is 5.75 Å². The second-order valence-corrected chi connectivity index (χ2v) is 10.2. The molecule has 0 aliphatic rings. The summed E-state index contributed by atoms with van der Waals surface area (Å²) in [7, 11) is -1.12. The van der Waals surface area contributed by atoms with E-state index in [2.05, 4.69) is 20.9 Å². The first kappa shape index (κ1) is 20.2. The average Bonchev–Trinajstić information content (AvgIpc) is 2.47. The Labute approximate surface area is 158 Å². The van der Waals surface area contributed by atoms with Crippen molar-refractivity contribution in [1.82, 2.24) is 4.98 Å². The molecule has 0 aliphatic carbocycles. The summed E-state index contributed by atoms with van der Waals surface area (Å²) >= 11 is 3.50. The highest BCUT2D eigenvalue weighted by Gasteiger charge is 2.26. The molecule has 6 heteroatoms. The summed E-state index contributed by atoms with van der Waals surface area (Å²) < 4.78 is 40.2. The van der Waals surface area contributed by atoms with Gasteiger partial charge < -0.3 is 0 Å². The minimum absolute atomic E-state index is 0.212. The number of benzene rings is 1. The standard InChI is InChI=1S/C19H22BrF2NOS/c1-12-5-6-17(20)18(23-12)14(11-25(24)19(2,3)4)7-13-8-15(21)10-16(22)9-13/h5-6,8-10,14H,7,11H2,1-4H3/t14?,25-/m1/s1. The molecule has 0 saturated heterocycles. The molecule has 25 heavy (non-hydrogen) atoms. The van der Waals surface area contributed by atoms with E-state index >= 15 is 0 Å². The molecule has 0 saturated carbocycles. The molecule has 1 unspecified atom stereocenters. The van der Waals surface area contributed by atoms with Crippen LogP contribution in [-0.4, -0.2) is 19.7 Å². The second kappa shape index (κ2) is 8.04. The number of aromatic nitrogens is 1. The normalized spacial score (nSPS) is 14.4. The quantitative estimate of drug-likeness (QED) is 0.644. The van der Waals surface area contributed by atoms with Gasteiger partial charge in [-0.15, -0.1) is 0 Å². The van der Waals surface area contributed by atoms with Gasteiger partial charge in [-0.2, -0.15) is 0 Å². The van der Waals surface area contributed by atoms with Gasteiger partial charge in [-0.05, 0) is 79.9 Å². The molecule has 1 aromatic heterocycles. The first-order valence-electron chi connectivity index (χ1n) is 8.03. The van der Waals surface area contributed by atoms with Gasteiger partial charge in [0.2, 0.25) is 0 Å². The Morgan fingerprint density at radius 3 is 2.32 bits per heavy atom. The molecule has 1 heterocycles. The summed E-state index contributed by atoms with van der Waals surface area (Å²) in [6.07, 6.45) is 0.367. The topological polar surface area (TPSA) is 30.0 Å². The number of rotatable bonds is 5. The smallest absolute Gasteiger partial charge is 0.126 e. The number of nitrogens with zero attached hydrogens (tertiary/aromatic N) is 1. The van der Waals surface area contributed by atoms with Gasteiger partial charge in [-0.3, -0.25) is 9.19 Å². The van der Waals surface area contributed by atoms with Crippen molar-refractivity contribution in [1.29, 1.82) is 0 Å². The van der Waals surface area contributed by atoms with Gasteiger partial charge in [0.15, 0.2) is 0 Å². The van der Waals surface area contributed by atoms with Gasteiger partial charge in [0, 0.05) is 43.5 Å². The third-order valence-corrected chi connectivity index (χ3v) is 6.58. The Morgan fingerprint density at radius 1 is 1.16 bits per heavy atom. The highest BCUT2D eigenvalue weighted by molar-refractivity contribution is 9.10. The lowest BCUT2D eigenvalue weighted by molar-refractivity contribution is 0.576. The van der Waals surface area contributed by atoms with Crippen LogP contribution in [0.5, 0.6) is 0 Å². The molecule has 0 radical (unpaired) electrons.